The number of para-hydroxylation sites is 1. The Morgan fingerprint density at radius 3 is 2.31 bits per heavy atom. The van der Waals surface area contributed by atoms with Crippen LogP contribution in [0.3, 0.4) is 0 Å². The first-order chi connectivity index (χ1) is 13.9. The summed E-state index contributed by atoms with van der Waals surface area (Å²) < 4.78 is 0. The minimum atomic E-state index is -0.908. The summed E-state index contributed by atoms with van der Waals surface area (Å²) in [5, 5.41) is 9.06. The molecular weight excluding hydrogens is 366 g/mol. The number of aromatic carboxylic acids is 1. The Morgan fingerprint density at radius 1 is 1.00 bits per heavy atom. The summed E-state index contributed by atoms with van der Waals surface area (Å²) in [7, 11) is 0. The second kappa shape index (κ2) is 7.87. The molecular formula is C23H27N3O3. The maximum atomic E-state index is 13.2. The molecule has 0 unspecified atom stereocenters. The summed E-state index contributed by atoms with van der Waals surface area (Å²) >= 11 is 0. The minimum Gasteiger partial charge on any atom is -0.478 e. The van der Waals surface area contributed by atoms with Crippen molar-refractivity contribution in [3.8, 4) is 0 Å². The van der Waals surface area contributed by atoms with E-state index in [1.165, 1.54) is 5.56 Å². The number of rotatable bonds is 3. The van der Waals surface area contributed by atoms with Gasteiger partial charge in [0.25, 0.3) is 0 Å². The molecule has 4 rings (SSSR count). The lowest BCUT2D eigenvalue weighted by atomic mass is 10.1. The van der Waals surface area contributed by atoms with E-state index in [2.05, 4.69) is 24.8 Å². The van der Waals surface area contributed by atoms with Gasteiger partial charge in [0.05, 0.1) is 5.56 Å². The van der Waals surface area contributed by atoms with E-state index in [9.17, 15) is 9.59 Å². The van der Waals surface area contributed by atoms with Gasteiger partial charge < -0.3 is 10.0 Å². The molecule has 2 aromatic rings. The van der Waals surface area contributed by atoms with Crippen molar-refractivity contribution < 1.29 is 14.7 Å². The number of nitrogens with zero attached hydrogens (tertiary/aromatic N) is 3. The zero-order valence-electron chi connectivity index (χ0n) is 16.9. The maximum absolute atomic E-state index is 13.2. The molecule has 29 heavy (non-hydrogen) atoms. The van der Waals surface area contributed by atoms with Crippen molar-refractivity contribution in [1.29, 1.82) is 0 Å². The number of carboxylic acid groups (broad SMARTS) is 1. The fraction of sp³-hybridized carbons (Fsp3) is 0.391. The van der Waals surface area contributed by atoms with E-state index in [0.29, 0.717) is 18.7 Å². The Labute approximate surface area is 171 Å². The lowest BCUT2D eigenvalue weighted by Gasteiger charge is -2.45. The van der Waals surface area contributed by atoms with E-state index in [0.717, 1.165) is 30.8 Å². The van der Waals surface area contributed by atoms with Crippen LogP contribution in [-0.4, -0.2) is 58.6 Å². The molecule has 1 N–H and O–H groups in total. The Morgan fingerprint density at radius 2 is 1.66 bits per heavy atom. The minimum absolute atomic E-state index is 0.0964. The van der Waals surface area contributed by atoms with Crippen molar-refractivity contribution in [1.82, 2.24) is 9.80 Å². The summed E-state index contributed by atoms with van der Waals surface area (Å²) in [4.78, 5) is 30.5. The van der Waals surface area contributed by atoms with E-state index in [1.807, 2.05) is 40.1 Å². The van der Waals surface area contributed by atoms with Gasteiger partial charge in [0.15, 0.2) is 0 Å². The normalized spacial score (nSPS) is 21.9. The van der Waals surface area contributed by atoms with Crippen molar-refractivity contribution in [2.45, 2.75) is 38.9 Å². The molecule has 152 valence electrons. The van der Waals surface area contributed by atoms with Crippen molar-refractivity contribution in [2.24, 2.45) is 0 Å². The Balaban J connectivity index is 1.42. The largest absolute Gasteiger partial charge is 0.478 e. The summed E-state index contributed by atoms with van der Waals surface area (Å²) in [6.45, 7) is 7.18. The fourth-order valence-corrected chi connectivity index (χ4v) is 4.50. The number of fused-ring (bicyclic) bond motifs is 1. The summed E-state index contributed by atoms with van der Waals surface area (Å²) in [6.07, 6.45) is 0.916. The van der Waals surface area contributed by atoms with Crippen LogP contribution in [0.4, 0.5) is 10.5 Å². The Hall–Kier alpha value is -2.86. The van der Waals surface area contributed by atoms with Gasteiger partial charge in [-0.25, -0.2) is 9.59 Å². The summed E-state index contributed by atoms with van der Waals surface area (Å²) in [5.74, 6) is -0.908. The van der Waals surface area contributed by atoms with Crippen LogP contribution in [0, 0.1) is 0 Å². The molecule has 0 bridgehead atoms. The van der Waals surface area contributed by atoms with Crippen molar-refractivity contribution in [3.05, 3.63) is 65.2 Å². The molecule has 2 aromatic carbocycles. The molecule has 0 aromatic heterocycles. The number of amides is 2. The van der Waals surface area contributed by atoms with Gasteiger partial charge >= 0.3 is 12.0 Å². The number of urea groups is 1. The van der Waals surface area contributed by atoms with Gasteiger partial charge in [0.2, 0.25) is 0 Å². The van der Waals surface area contributed by atoms with Crippen LogP contribution in [-0.2, 0) is 13.0 Å². The van der Waals surface area contributed by atoms with Gasteiger partial charge in [-0.3, -0.25) is 9.80 Å². The van der Waals surface area contributed by atoms with E-state index in [-0.39, 0.29) is 18.1 Å². The first-order valence-electron chi connectivity index (χ1n) is 10.2. The van der Waals surface area contributed by atoms with Crippen LogP contribution in [0.1, 0.15) is 35.3 Å². The molecule has 6 nitrogen and oxygen atoms in total. The van der Waals surface area contributed by atoms with E-state index in [4.69, 9.17) is 5.11 Å². The third-order valence-electron chi connectivity index (χ3n) is 6.06. The number of carbonyl (C=O) groups is 2. The monoisotopic (exact) mass is 393 g/mol. The zero-order chi connectivity index (χ0) is 20.5. The average molecular weight is 393 g/mol. The van der Waals surface area contributed by atoms with E-state index < -0.39 is 5.97 Å². The summed E-state index contributed by atoms with van der Waals surface area (Å²) in [5.41, 5.74) is 3.67. The third kappa shape index (κ3) is 3.85. The fourth-order valence-electron chi connectivity index (χ4n) is 4.50. The van der Waals surface area contributed by atoms with Crippen LogP contribution in [0.2, 0.25) is 0 Å². The highest BCUT2D eigenvalue weighted by Crippen LogP contribution is 2.29. The third-order valence-corrected chi connectivity index (χ3v) is 6.06. The SMILES string of the molecule is C[C@@H]1CN(C(=O)N2CCc3ccccc32)C[C@H](C)N1Cc1ccc(C(=O)O)cc1. The second-order valence-electron chi connectivity index (χ2n) is 8.09. The first kappa shape index (κ1) is 19.5. The molecule has 2 atom stereocenters. The predicted octanol–water partition coefficient (Wildman–Crippen LogP) is 3.46. The van der Waals surface area contributed by atoms with Crippen LogP contribution in [0.5, 0.6) is 0 Å². The molecule has 0 saturated carbocycles. The number of carboxylic acids is 1. The predicted molar refractivity (Wildman–Crippen MR) is 112 cm³/mol. The van der Waals surface area contributed by atoms with Crippen molar-refractivity contribution in [2.75, 3.05) is 24.5 Å². The van der Waals surface area contributed by atoms with Gasteiger partial charge in [-0.15, -0.1) is 0 Å². The van der Waals surface area contributed by atoms with Gasteiger partial charge in [-0.1, -0.05) is 30.3 Å². The number of piperazine rings is 1. The number of anilines is 1. The number of carbonyl (C=O) groups excluding carboxylic acids is 1. The summed E-state index contributed by atoms with van der Waals surface area (Å²) in [6, 6.07) is 15.7. The zero-order valence-corrected chi connectivity index (χ0v) is 16.9. The standard InChI is InChI=1S/C23H27N3O3/c1-16-13-24(23(29)25-12-11-19-5-3-4-6-21(19)25)14-17(2)26(16)15-18-7-9-20(10-8-18)22(27)28/h3-10,16-17H,11-15H2,1-2H3,(H,27,28)/t16-,17+. The van der Waals surface area contributed by atoms with Gasteiger partial charge in [0.1, 0.15) is 0 Å². The molecule has 2 aliphatic rings. The van der Waals surface area contributed by atoms with Crippen molar-refractivity contribution >= 4 is 17.7 Å². The molecule has 0 spiro atoms. The molecule has 0 aliphatic carbocycles. The van der Waals surface area contributed by atoms with Gasteiger partial charge in [-0.2, -0.15) is 0 Å². The molecule has 1 saturated heterocycles. The highest BCUT2D eigenvalue weighted by Gasteiger charge is 2.35. The number of benzene rings is 2. The highest BCUT2D eigenvalue weighted by atomic mass is 16.4. The maximum Gasteiger partial charge on any atom is 0.335 e. The number of hydrogen-bond donors (Lipinski definition) is 1. The quantitative estimate of drug-likeness (QED) is 0.867. The molecule has 6 heteroatoms. The van der Waals surface area contributed by atoms with Gasteiger partial charge in [0, 0.05) is 44.0 Å². The Bertz CT molecular complexity index is 900. The molecule has 0 radical (unpaired) electrons. The average Bonchev–Trinajstić information content (AvgIpc) is 3.14. The van der Waals surface area contributed by atoms with Crippen LogP contribution >= 0.6 is 0 Å². The first-order valence-corrected chi connectivity index (χ1v) is 10.2. The Kier molecular flexibility index (Phi) is 5.28. The molecule has 2 amide bonds. The van der Waals surface area contributed by atoms with Crippen molar-refractivity contribution in [3.63, 3.8) is 0 Å². The van der Waals surface area contributed by atoms with E-state index >= 15 is 0 Å². The highest BCUT2D eigenvalue weighted by molar-refractivity contribution is 5.94. The lowest BCUT2D eigenvalue weighted by Crippen LogP contribution is -2.59. The van der Waals surface area contributed by atoms with Crippen LogP contribution < -0.4 is 4.90 Å². The molecule has 1 fully saturated rings. The van der Waals surface area contributed by atoms with Gasteiger partial charge in [-0.05, 0) is 49.6 Å². The molecule has 2 heterocycles. The lowest BCUT2D eigenvalue weighted by molar-refractivity contribution is 0.0510. The number of hydrogen-bond acceptors (Lipinski definition) is 3. The van der Waals surface area contributed by atoms with E-state index in [1.54, 1.807) is 12.1 Å². The smallest absolute Gasteiger partial charge is 0.335 e. The molecule has 2 aliphatic heterocycles. The van der Waals surface area contributed by atoms with Crippen LogP contribution in [0.25, 0.3) is 0 Å². The second-order valence-corrected chi connectivity index (χ2v) is 8.09. The van der Waals surface area contributed by atoms with Crippen LogP contribution in [0.15, 0.2) is 48.5 Å². The topological polar surface area (TPSA) is 64.1 Å².